The van der Waals surface area contributed by atoms with E-state index in [0.717, 1.165) is 0 Å². The summed E-state index contributed by atoms with van der Waals surface area (Å²) in [6.45, 7) is 0. The smallest absolute Gasteiger partial charge is 0.329 e. The standard InChI is InChI=1S/C2H7NO9S2/c4-2(5,6)3(14(10,11)12)1-13(7,8)9/h4-6H,1H2,(H,7,8,9)(H,10,11,12). The van der Waals surface area contributed by atoms with Crippen molar-refractivity contribution in [3.05, 3.63) is 0 Å². The number of rotatable bonds is 4. The van der Waals surface area contributed by atoms with Gasteiger partial charge in [-0.05, 0) is 0 Å². The first kappa shape index (κ1) is 13.7. The molecule has 0 rings (SSSR count). The molecule has 0 unspecified atom stereocenters. The normalized spacial score (nSPS) is 14.7. The second-order valence-electron chi connectivity index (χ2n) is 2.14. The van der Waals surface area contributed by atoms with Gasteiger partial charge in [-0.15, -0.1) is 0 Å². The first-order valence-electron chi connectivity index (χ1n) is 2.71. The third-order valence-corrected chi connectivity index (χ3v) is 2.57. The summed E-state index contributed by atoms with van der Waals surface area (Å²) in [6.07, 6.45) is -4.14. The largest absolute Gasteiger partial charge is 0.362 e. The molecule has 14 heavy (non-hydrogen) atoms. The van der Waals surface area contributed by atoms with Gasteiger partial charge in [-0.1, -0.05) is 4.31 Å². The third kappa shape index (κ3) is 4.77. The minimum Gasteiger partial charge on any atom is -0.329 e. The molecule has 0 spiro atoms. The van der Waals surface area contributed by atoms with E-state index in [2.05, 4.69) is 0 Å². The van der Waals surface area contributed by atoms with Crippen LogP contribution >= 0.6 is 0 Å². The van der Waals surface area contributed by atoms with Gasteiger partial charge in [0.15, 0.2) is 5.88 Å². The highest BCUT2D eigenvalue weighted by Crippen LogP contribution is 2.10. The molecule has 0 fully saturated rings. The third-order valence-electron chi connectivity index (χ3n) is 0.894. The predicted molar refractivity (Wildman–Crippen MR) is 39.2 cm³/mol. The average Bonchev–Trinajstić information content (AvgIpc) is 1.75. The summed E-state index contributed by atoms with van der Waals surface area (Å²) in [7, 11) is -10.4. The van der Waals surface area contributed by atoms with Crippen LogP contribution in [0.5, 0.6) is 0 Å². The fraction of sp³-hybridized carbons (Fsp3) is 1.00. The fourth-order valence-corrected chi connectivity index (χ4v) is 2.17. The van der Waals surface area contributed by atoms with Crippen molar-refractivity contribution in [3.63, 3.8) is 0 Å². The second kappa shape index (κ2) is 3.67. The lowest BCUT2D eigenvalue weighted by Crippen LogP contribution is -2.53. The van der Waals surface area contributed by atoms with Crippen molar-refractivity contribution in [3.8, 4) is 0 Å². The van der Waals surface area contributed by atoms with E-state index in [0.29, 0.717) is 0 Å². The summed E-state index contributed by atoms with van der Waals surface area (Å²) in [5, 5.41) is 24.9. The molecule has 0 saturated carbocycles. The zero-order valence-corrected chi connectivity index (χ0v) is 7.97. The predicted octanol–water partition coefficient (Wildman–Crippen LogP) is -3.48. The zero-order valence-electron chi connectivity index (χ0n) is 6.34. The van der Waals surface area contributed by atoms with Crippen LogP contribution in [0.15, 0.2) is 0 Å². The highest BCUT2D eigenvalue weighted by Gasteiger charge is 2.41. The molecule has 0 bridgehead atoms. The highest BCUT2D eigenvalue weighted by molar-refractivity contribution is 7.88. The average molecular weight is 253 g/mol. The highest BCUT2D eigenvalue weighted by atomic mass is 32.2. The van der Waals surface area contributed by atoms with Crippen molar-refractivity contribution in [2.45, 2.75) is 6.10 Å². The Morgan fingerprint density at radius 2 is 1.36 bits per heavy atom. The van der Waals surface area contributed by atoms with Crippen molar-refractivity contribution < 1.29 is 41.3 Å². The quantitative estimate of drug-likeness (QED) is 0.252. The van der Waals surface area contributed by atoms with Gasteiger partial charge < -0.3 is 15.3 Å². The topological polar surface area (TPSA) is 173 Å². The Hall–Kier alpha value is -0.340. The molecule has 0 aromatic rings. The molecule has 10 nitrogen and oxygen atoms in total. The molecule has 0 radical (unpaired) electrons. The second-order valence-corrected chi connectivity index (χ2v) is 4.90. The molecule has 0 atom stereocenters. The van der Waals surface area contributed by atoms with Gasteiger partial charge in [0.2, 0.25) is 0 Å². The number of nitrogens with zero attached hydrogens (tertiary/aromatic N) is 1. The minimum atomic E-state index is -5.41. The molecular formula is C2H7NO9S2. The van der Waals surface area contributed by atoms with Crippen molar-refractivity contribution in [2.75, 3.05) is 5.88 Å². The molecule has 0 aromatic carbocycles. The fourth-order valence-electron chi connectivity index (χ4n) is 0.456. The van der Waals surface area contributed by atoms with Crippen LogP contribution in [0.25, 0.3) is 0 Å². The molecule has 0 heterocycles. The first-order valence-corrected chi connectivity index (χ1v) is 5.72. The van der Waals surface area contributed by atoms with E-state index in [4.69, 9.17) is 24.4 Å². The maximum atomic E-state index is 10.3. The van der Waals surface area contributed by atoms with Gasteiger partial charge in [-0.25, -0.2) is 0 Å². The summed E-state index contributed by atoms with van der Waals surface area (Å²) in [5.74, 6) is -1.92. The molecule has 0 saturated heterocycles. The van der Waals surface area contributed by atoms with Crippen molar-refractivity contribution in [1.82, 2.24) is 4.31 Å². The summed E-state index contributed by atoms with van der Waals surface area (Å²) in [5.41, 5.74) is 0. The molecule has 5 N–H and O–H groups in total. The summed E-state index contributed by atoms with van der Waals surface area (Å²) >= 11 is 0. The van der Waals surface area contributed by atoms with Crippen LogP contribution in [0.4, 0.5) is 0 Å². The molecule has 0 aliphatic carbocycles. The number of hydrogen-bond acceptors (Lipinski definition) is 7. The Balaban J connectivity index is 5.18. The van der Waals surface area contributed by atoms with E-state index in [9.17, 15) is 16.8 Å². The molecule has 86 valence electrons. The summed E-state index contributed by atoms with van der Waals surface area (Å²) in [6, 6.07) is 0. The lowest BCUT2D eigenvalue weighted by atomic mass is 10.9. The number of aliphatic hydroxyl groups is 3. The van der Waals surface area contributed by atoms with Crippen molar-refractivity contribution >= 4 is 20.4 Å². The summed E-state index contributed by atoms with van der Waals surface area (Å²) < 4.78 is 56.1. The Morgan fingerprint density at radius 3 is 1.43 bits per heavy atom. The van der Waals surface area contributed by atoms with Crippen LogP contribution in [-0.4, -0.2) is 57.5 Å². The Bertz CT molecular complexity index is 385. The molecule has 12 heteroatoms. The van der Waals surface area contributed by atoms with E-state index >= 15 is 0 Å². The van der Waals surface area contributed by atoms with Gasteiger partial charge >= 0.3 is 16.4 Å². The lowest BCUT2D eigenvalue weighted by Gasteiger charge is -2.24. The van der Waals surface area contributed by atoms with Crippen molar-refractivity contribution in [1.29, 1.82) is 0 Å². The van der Waals surface area contributed by atoms with Crippen LogP contribution in [0.3, 0.4) is 0 Å². The van der Waals surface area contributed by atoms with Gasteiger partial charge in [-0.2, -0.15) is 16.8 Å². The number of hydrogen-bond donors (Lipinski definition) is 5. The Labute approximate surface area is 78.6 Å². The molecule has 0 aromatic heterocycles. The van der Waals surface area contributed by atoms with Crippen LogP contribution in [0.1, 0.15) is 0 Å². The van der Waals surface area contributed by atoms with Gasteiger partial charge in [0.25, 0.3) is 10.1 Å². The molecule has 0 aliphatic heterocycles. The van der Waals surface area contributed by atoms with Gasteiger partial charge in [0.05, 0.1) is 0 Å². The van der Waals surface area contributed by atoms with E-state index in [-0.39, 0.29) is 0 Å². The Morgan fingerprint density at radius 1 is 1.00 bits per heavy atom. The zero-order chi connectivity index (χ0) is 11.8. The SMILES string of the molecule is O=S(=O)(O)CN(C(O)(O)O)S(=O)(=O)O. The maximum absolute atomic E-state index is 10.3. The van der Waals surface area contributed by atoms with Crippen LogP contribution in [0, 0.1) is 0 Å². The van der Waals surface area contributed by atoms with E-state index in [1.54, 1.807) is 0 Å². The molecule has 0 amide bonds. The van der Waals surface area contributed by atoms with Crippen LogP contribution in [-0.2, 0) is 20.4 Å². The Kier molecular flexibility index (Phi) is 3.58. The summed E-state index contributed by atoms with van der Waals surface area (Å²) in [4.78, 5) is 0. The first-order chi connectivity index (χ1) is 5.84. The monoisotopic (exact) mass is 253 g/mol. The van der Waals surface area contributed by atoms with Crippen LogP contribution in [0.2, 0.25) is 0 Å². The van der Waals surface area contributed by atoms with Crippen LogP contribution < -0.4 is 0 Å². The lowest BCUT2D eigenvalue weighted by molar-refractivity contribution is -0.368. The molecular weight excluding hydrogens is 246 g/mol. The maximum Gasteiger partial charge on any atom is 0.362 e. The van der Waals surface area contributed by atoms with E-state index in [1.165, 1.54) is 0 Å². The van der Waals surface area contributed by atoms with Gasteiger partial charge in [0, 0.05) is 0 Å². The molecule has 0 aliphatic rings. The minimum absolute atomic E-state index is 1.06. The van der Waals surface area contributed by atoms with Gasteiger partial charge in [0.1, 0.15) is 0 Å². The van der Waals surface area contributed by atoms with E-state index in [1.807, 2.05) is 0 Å². The van der Waals surface area contributed by atoms with Crippen molar-refractivity contribution in [2.24, 2.45) is 0 Å². The van der Waals surface area contributed by atoms with Gasteiger partial charge in [-0.3, -0.25) is 9.11 Å². The van der Waals surface area contributed by atoms with E-state index < -0.39 is 36.7 Å².